The summed E-state index contributed by atoms with van der Waals surface area (Å²) < 4.78 is 30.8. The first-order chi connectivity index (χ1) is 17.0. The molecule has 0 amide bonds. The maximum Gasteiger partial charge on any atom is 0.333 e. The summed E-state index contributed by atoms with van der Waals surface area (Å²) in [6.45, 7) is 2.39. The van der Waals surface area contributed by atoms with Crippen LogP contribution in [0.4, 0.5) is 4.39 Å². The lowest BCUT2D eigenvalue weighted by atomic mass is 9.89. The Bertz CT molecular complexity index is 1290. The van der Waals surface area contributed by atoms with E-state index in [1.807, 2.05) is 31.2 Å². The second-order valence-corrected chi connectivity index (χ2v) is 9.26. The molecule has 4 nitrogen and oxygen atoms in total. The lowest BCUT2D eigenvalue weighted by molar-refractivity contribution is -0.135. The Labute approximate surface area is 205 Å². The van der Waals surface area contributed by atoms with Gasteiger partial charge >= 0.3 is 5.97 Å². The summed E-state index contributed by atoms with van der Waals surface area (Å²) in [6, 6.07) is 19.0. The molecule has 1 saturated carbocycles. The standard InChI is InChI=1S/C30H29FO4/c1-18(30(32)34-3)29(21-8-9-21)22-10-11-23-17-35-28(15-24(23)14-22)20-6-4-19(5-7-20)26-16-25(33-2)12-13-27(26)31/h4-7,10-14,16,21,28H,8-9,15,17H2,1-3H3/t28-/m0/s1. The van der Waals surface area contributed by atoms with Gasteiger partial charge in [0.15, 0.2) is 0 Å². The van der Waals surface area contributed by atoms with Crippen LogP contribution >= 0.6 is 0 Å². The van der Waals surface area contributed by atoms with Crippen molar-refractivity contribution in [1.82, 2.24) is 0 Å². The largest absolute Gasteiger partial charge is 0.497 e. The average molecular weight is 473 g/mol. The van der Waals surface area contributed by atoms with E-state index in [9.17, 15) is 9.18 Å². The molecule has 0 radical (unpaired) electrons. The zero-order chi connectivity index (χ0) is 24.5. The number of carbonyl (C=O) groups is 1. The van der Waals surface area contributed by atoms with Crippen molar-refractivity contribution in [2.24, 2.45) is 5.92 Å². The maximum atomic E-state index is 14.4. The fourth-order valence-electron chi connectivity index (χ4n) is 4.91. The normalized spacial score (nSPS) is 17.9. The van der Waals surface area contributed by atoms with E-state index in [4.69, 9.17) is 14.2 Å². The molecule has 3 aromatic carbocycles. The molecular formula is C30H29FO4. The number of carbonyl (C=O) groups excluding carboxylic acids is 1. The lowest BCUT2D eigenvalue weighted by Crippen LogP contribution is -2.16. The Kier molecular flexibility index (Phi) is 6.44. The molecule has 0 saturated heterocycles. The van der Waals surface area contributed by atoms with Crippen LogP contribution in [0.3, 0.4) is 0 Å². The summed E-state index contributed by atoms with van der Waals surface area (Å²) in [5.41, 5.74) is 7.65. The van der Waals surface area contributed by atoms with Crippen LogP contribution in [0.1, 0.15) is 48.1 Å². The number of benzene rings is 3. The molecule has 1 fully saturated rings. The first kappa shape index (κ1) is 23.3. The van der Waals surface area contributed by atoms with E-state index < -0.39 is 0 Å². The smallest absolute Gasteiger partial charge is 0.333 e. The van der Waals surface area contributed by atoms with Crippen LogP contribution < -0.4 is 4.74 Å². The zero-order valence-electron chi connectivity index (χ0n) is 20.3. The Morgan fingerprint density at radius 2 is 1.74 bits per heavy atom. The molecule has 0 spiro atoms. The minimum absolute atomic E-state index is 0.0861. The van der Waals surface area contributed by atoms with Gasteiger partial charge in [0.25, 0.3) is 0 Å². The van der Waals surface area contributed by atoms with Crippen molar-refractivity contribution >= 4 is 11.5 Å². The van der Waals surface area contributed by atoms with Crippen LogP contribution in [0.25, 0.3) is 16.7 Å². The van der Waals surface area contributed by atoms with E-state index in [-0.39, 0.29) is 17.9 Å². The topological polar surface area (TPSA) is 44.8 Å². The predicted octanol–water partition coefficient (Wildman–Crippen LogP) is 6.67. The average Bonchev–Trinajstić information content (AvgIpc) is 3.73. The van der Waals surface area contributed by atoms with Gasteiger partial charge in [-0.05, 0) is 77.3 Å². The summed E-state index contributed by atoms with van der Waals surface area (Å²) in [5.74, 6) is 0.497. The van der Waals surface area contributed by atoms with Crippen molar-refractivity contribution in [3.63, 3.8) is 0 Å². The molecule has 0 aromatic heterocycles. The summed E-state index contributed by atoms with van der Waals surface area (Å²) in [5, 5.41) is 0. The van der Waals surface area contributed by atoms with Crippen molar-refractivity contribution in [3.05, 3.63) is 94.3 Å². The Morgan fingerprint density at radius 3 is 2.43 bits per heavy atom. The van der Waals surface area contributed by atoms with Crippen LogP contribution in [0.5, 0.6) is 5.75 Å². The second-order valence-electron chi connectivity index (χ2n) is 9.26. The fourth-order valence-corrected chi connectivity index (χ4v) is 4.91. The van der Waals surface area contributed by atoms with Gasteiger partial charge in [0.05, 0.1) is 26.9 Å². The molecule has 0 bridgehead atoms. The van der Waals surface area contributed by atoms with Crippen molar-refractivity contribution in [2.75, 3.05) is 14.2 Å². The Hall–Kier alpha value is -3.44. The van der Waals surface area contributed by atoms with Crippen molar-refractivity contribution in [2.45, 2.75) is 38.9 Å². The van der Waals surface area contributed by atoms with E-state index in [0.717, 1.165) is 41.5 Å². The number of hydrogen-bond acceptors (Lipinski definition) is 4. The molecule has 1 heterocycles. The molecule has 1 aliphatic carbocycles. The van der Waals surface area contributed by atoms with Gasteiger partial charge in [-0.1, -0.05) is 42.5 Å². The summed E-state index contributed by atoms with van der Waals surface area (Å²) in [6.07, 6.45) is 2.86. The number of rotatable bonds is 6. The molecule has 3 aromatic rings. The second kappa shape index (κ2) is 9.67. The van der Waals surface area contributed by atoms with Crippen molar-refractivity contribution in [3.8, 4) is 16.9 Å². The third-order valence-corrected chi connectivity index (χ3v) is 7.01. The fraction of sp³-hybridized carbons (Fsp3) is 0.300. The summed E-state index contributed by atoms with van der Waals surface area (Å²) in [4.78, 5) is 12.2. The predicted molar refractivity (Wildman–Crippen MR) is 133 cm³/mol. The maximum absolute atomic E-state index is 14.4. The zero-order valence-corrected chi connectivity index (χ0v) is 20.3. The number of halogens is 1. The molecule has 0 N–H and O–H groups in total. The van der Waals surface area contributed by atoms with E-state index in [0.29, 0.717) is 29.4 Å². The van der Waals surface area contributed by atoms with Crippen LogP contribution in [0.15, 0.2) is 66.2 Å². The van der Waals surface area contributed by atoms with Gasteiger partial charge in [-0.2, -0.15) is 0 Å². The number of ether oxygens (including phenoxy) is 3. The van der Waals surface area contributed by atoms with Gasteiger partial charge in [-0.15, -0.1) is 0 Å². The molecule has 2 aliphatic rings. The summed E-state index contributed by atoms with van der Waals surface area (Å²) >= 11 is 0. The van der Waals surface area contributed by atoms with Gasteiger partial charge in [0.1, 0.15) is 11.6 Å². The van der Waals surface area contributed by atoms with Gasteiger partial charge in [-0.25, -0.2) is 9.18 Å². The molecule has 5 heteroatoms. The van der Waals surface area contributed by atoms with Crippen LogP contribution in [-0.2, 0) is 27.3 Å². The number of methoxy groups -OCH3 is 2. The molecular weight excluding hydrogens is 443 g/mol. The molecule has 180 valence electrons. The highest BCUT2D eigenvalue weighted by atomic mass is 19.1. The highest BCUT2D eigenvalue weighted by Gasteiger charge is 2.31. The molecule has 1 aliphatic heterocycles. The van der Waals surface area contributed by atoms with Crippen LogP contribution in [-0.4, -0.2) is 20.2 Å². The van der Waals surface area contributed by atoms with Crippen LogP contribution in [0.2, 0.25) is 0 Å². The van der Waals surface area contributed by atoms with Gasteiger partial charge in [-0.3, -0.25) is 0 Å². The first-order valence-corrected chi connectivity index (χ1v) is 11.9. The third-order valence-electron chi connectivity index (χ3n) is 7.01. The molecule has 35 heavy (non-hydrogen) atoms. The van der Waals surface area contributed by atoms with Gasteiger partial charge in [0, 0.05) is 17.6 Å². The highest BCUT2D eigenvalue weighted by Crippen LogP contribution is 2.45. The summed E-state index contributed by atoms with van der Waals surface area (Å²) in [7, 11) is 3.00. The number of esters is 1. The Morgan fingerprint density at radius 1 is 0.971 bits per heavy atom. The number of fused-ring (bicyclic) bond motifs is 1. The van der Waals surface area contributed by atoms with Crippen molar-refractivity contribution in [1.29, 1.82) is 0 Å². The SMILES string of the molecule is COC(=O)C(C)=C(c1ccc2c(c1)C[C@@H](c1ccc(-c3cc(OC)ccc3F)cc1)OC2)C1CC1. The molecule has 0 unspecified atom stereocenters. The lowest BCUT2D eigenvalue weighted by Gasteiger charge is -2.27. The quantitative estimate of drug-likeness (QED) is 0.297. The first-order valence-electron chi connectivity index (χ1n) is 11.9. The van der Waals surface area contributed by atoms with Crippen LogP contribution in [0, 0.1) is 11.7 Å². The monoisotopic (exact) mass is 472 g/mol. The van der Waals surface area contributed by atoms with Gasteiger partial charge < -0.3 is 14.2 Å². The van der Waals surface area contributed by atoms with E-state index >= 15 is 0 Å². The third kappa shape index (κ3) is 4.73. The minimum atomic E-state index is -0.282. The Balaban J connectivity index is 1.40. The highest BCUT2D eigenvalue weighted by molar-refractivity contribution is 5.98. The number of allylic oxidation sites excluding steroid dienone is 1. The minimum Gasteiger partial charge on any atom is -0.497 e. The van der Waals surface area contributed by atoms with Crippen molar-refractivity contribution < 1.29 is 23.4 Å². The molecule has 1 atom stereocenters. The number of hydrogen-bond donors (Lipinski definition) is 0. The van der Waals surface area contributed by atoms with E-state index in [1.54, 1.807) is 19.2 Å². The molecule has 5 rings (SSSR count). The van der Waals surface area contributed by atoms with E-state index in [1.165, 1.54) is 24.3 Å². The van der Waals surface area contributed by atoms with E-state index in [2.05, 4.69) is 18.2 Å². The van der Waals surface area contributed by atoms with Gasteiger partial charge in [0.2, 0.25) is 0 Å².